The Morgan fingerprint density at radius 2 is 1.62 bits per heavy atom. The Balaban J connectivity index is 1.26. The predicted molar refractivity (Wildman–Crippen MR) is 155 cm³/mol. The summed E-state index contributed by atoms with van der Waals surface area (Å²) >= 11 is 0. The molecule has 0 bridgehead atoms. The highest BCUT2D eigenvalue weighted by atomic mass is 32.2. The van der Waals surface area contributed by atoms with Crippen molar-refractivity contribution in [3.05, 3.63) is 108 Å². The molecule has 0 saturated heterocycles. The van der Waals surface area contributed by atoms with Crippen LogP contribution in [0.2, 0.25) is 0 Å². The lowest BCUT2D eigenvalue weighted by Crippen LogP contribution is -2.14. The molecule has 6 rings (SSSR count). The van der Waals surface area contributed by atoms with Crippen molar-refractivity contribution < 1.29 is 8.42 Å². The van der Waals surface area contributed by atoms with Crippen LogP contribution in [-0.4, -0.2) is 44.5 Å². The van der Waals surface area contributed by atoms with Gasteiger partial charge in [-0.2, -0.15) is 5.21 Å². The number of aromatic amines is 1. The molecule has 0 aliphatic heterocycles. The molecule has 0 aliphatic carbocycles. The van der Waals surface area contributed by atoms with Gasteiger partial charge in [0, 0.05) is 24.2 Å². The van der Waals surface area contributed by atoms with Gasteiger partial charge in [-0.25, -0.2) is 13.4 Å². The molecule has 0 unspecified atom stereocenters. The maximum atomic E-state index is 12.8. The van der Waals surface area contributed by atoms with E-state index in [1.807, 2.05) is 42.5 Å². The smallest absolute Gasteiger partial charge is 0.205 e. The van der Waals surface area contributed by atoms with Crippen molar-refractivity contribution in [1.29, 1.82) is 0 Å². The average molecular weight is 550 g/mol. The number of imidazole rings is 1. The monoisotopic (exact) mass is 549 g/mol. The van der Waals surface area contributed by atoms with E-state index < -0.39 is 9.84 Å². The van der Waals surface area contributed by atoms with Gasteiger partial charge in [-0.15, -0.1) is 10.2 Å². The summed E-state index contributed by atoms with van der Waals surface area (Å²) in [5.74, 6) is 1.33. The summed E-state index contributed by atoms with van der Waals surface area (Å²) in [5, 5.41) is 17.6. The molecule has 0 atom stereocenters. The van der Waals surface area contributed by atoms with Gasteiger partial charge in [0.15, 0.2) is 9.84 Å². The van der Waals surface area contributed by atoms with Gasteiger partial charge >= 0.3 is 0 Å². The van der Waals surface area contributed by atoms with Crippen molar-refractivity contribution in [2.45, 2.75) is 24.8 Å². The molecule has 0 amide bonds. The molecule has 40 heavy (non-hydrogen) atoms. The van der Waals surface area contributed by atoms with Crippen LogP contribution in [0.3, 0.4) is 0 Å². The van der Waals surface area contributed by atoms with Crippen LogP contribution in [-0.2, 0) is 22.8 Å². The standard InChI is InChI=1S/C30H27N7O2S/c1-2-29-32-27-17-16-23(31-20-40(38,39)24-8-4-3-5-9-24)18-28(27)37(29)19-21-12-14-22(15-13-21)25-10-6-7-11-26(25)30-33-35-36-34-30/h3-18,31H,2,19-20H2,1H3,(H,33,34,35,36). The highest BCUT2D eigenvalue weighted by Gasteiger charge is 2.16. The molecule has 200 valence electrons. The molecule has 2 N–H and O–H groups in total. The topological polar surface area (TPSA) is 118 Å². The van der Waals surface area contributed by atoms with E-state index >= 15 is 0 Å². The average Bonchev–Trinajstić information content (AvgIpc) is 3.65. The van der Waals surface area contributed by atoms with E-state index in [9.17, 15) is 8.42 Å². The van der Waals surface area contributed by atoms with E-state index in [-0.39, 0.29) is 5.88 Å². The lowest BCUT2D eigenvalue weighted by Gasteiger charge is -2.12. The number of benzene rings is 4. The SMILES string of the molecule is CCc1nc2ccc(NCS(=O)(=O)c3ccccc3)cc2n1Cc1ccc(-c2ccccc2-c2nn[nH]n2)cc1. The molecule has 6 aromatic rings. The molecule has 9 nitrogen and oxygen atoms in total. The Labute approximate surface area is 231 Å². The van der Waals surface area contributed by atoms with E-state index in [0.29, 0.717) is 17.3 Å². The van der Waals surface area contributed by atoms with Gasteiger partial charge < -0.3 is 9.88 Å². The number of hydrogen-bond acceptors (Lipinski definition) is 7. The summed E-state index contributed by atoms with van der Waals surface area (Å²) in [5.41, 5.74) is 6.67. The fourth-order valence-corrected chi connectivity index (χ4v) is 5.89. The number of nitrogens with zero attached hydrogens (tertiary/aromatic N) is 5. The lowest BCUT2D eigenvalue weighted by atomic mass is 9.98. The predicted octanol–water partition coefficient (Wildman–Crippen LogP) is 5.34. The summed E-state index contributed by atoms with van der Waals surface area (Å²) < 4.78 is 27.7. The Kier molecular flexibility index (Phi) is 6.83. The zero-order valence-corrected chi connectivity index (χ0v) is 22.6. The molecule has 10 heteroatoms. The molecule has 0 aliphatic rings. The van der Waals surface area contributed by atoms with Crippen molar-refractivity contribution in [1.82, 2.24) is 30.2 Å². The first-order valence-electron chi connectivity index (χ1n) is 12.9. The number of fused-ring (bicyclic) bond motifs is 1. The van der Waals surface area contributed by atoms with Crippen molar-refractivity contribution >= 4 is 26.6 Å². The Morgan fingerprint density at radius 3 is 2.35 bits per heavy atom. The fourth-order valence-electron chi connectivity index (χ4n) is 4.80. The van der Waals surface area contributed by atoms with Crippen LogP contribution >= 0.6 is 0 Å². The second kappa shape index (κ2) is 10.7. The first-order valence-corrected chi connectivity index (χ1v) is 14.6. The molecule has 0 saturated carbocycles. The number of sulfone groups is 1. The van der Waals surface area contributed by atoms with Gasteiger partial charge in [0.25, 0.3) is 0 Å². The van der Waals surface area contributed by atoms with Crippen molar-refractivity contribution in [3.8, 4) is 22.5 Å². The van der Waals surface area contributed by atoms with E-state index in [0.717, 1.165) is 51.2 Å². The second-order valence-electron chi connectivity index (χ2n) is 9.40. The van der Waals surface area contributed by atoms with E-state index in [2.05, 4.69) is 61.7 Å². The molecular weight excluding hydrogens is 522 g/mol. The first kappa shape index (κ1) is 25.4. The Hall–Kier alpha value is -4.83. The number of nitrogens with one attached hydrogen (secondary N) is 2. The maximum absolute atomic E-state index is 12.8. The highest BCUT2D eigenvalue weighted by Crippen LogP contribution is 2.30. The van der Waals surface area contributed by atoms with E-state index in [1.54, 1.807) is 30.3 Å². The molecular formula is C30H27N7O2S. The lowest BCUT2D eigenvalue weighted by molar-refractivity contribution is 0.598. The van der Waals surface area contributed by atoms with Crippen molar-refractivity contribution in [3.63, 3.8) is 0 Å². The summed E-state index contributed by atoms with van der Waals surface area (Å²) in [4.78, 5) is 5.12. The van der Waals surface area contributed by atoms with Gasteiger partial charge in [-0.3, -0.25) is 0 Å². The van der Waals surface area contributed by atoms with Crippen LogP contribution in [0.25, 0.3) is 33.5 Å². The number of rotatable bonds is 9. The molecule has 0 spiro atoms. The summed E-state index contributed by atoms with van der Waals surface area (Å²) in [6.45, 7) is 2.72. The minimum absolute atomic E-state index is 0.190. The quantitative estimate of drug-likeness (QED) is 0.250. The van der Waals surface area contributed by atoms with E-state index in [4.69, 9.17) is 4.98 Å². The van der Waals surface area contributed by atoms with Crippen LogP contribution in [0.4, 0.5) is 5.69 Å². The largest absolute Gasteiger partial charge is 0.371 e. The van der Waals surface area contributed by atoms with Gasteiger partial charge in [-0.1, -0.05) is 73.7 Å². The third-order valence-corrected chi connectivity index (χ3v) is 8.35. The zero-order chi connectivity index (χ0) is 27.5. The third-order valence-electron chi connectivity index (χ3n) is 6.83. The Bertz CT molecular complexity index is 1870. The molecule has 0 fully saturated rings. The van der Waals surface area contributed by atoms with Crippen molar-refractivity contribution in [2.75, 3.05) is 11.2 Å². The first-order chi connectivity index (χ1) is 19.5. The summed E-state index contributed by atoms with van der Waals surface area (Å²) in [6.07, 6.45) is 0.774. The van der Waals surface area contributed by atoms with E-state index in [1.165, 1.54) is 0 Å². The van der Waals surface area contributed by atoms with Crippen LogP contribution in [0.5, 0.6) is 0 Å². The summed E-state index contributed by atoms with van der Waals surface area (Å²) in [6, 6.07) is 30.6. The minimum Gasteiger partial charge on any atom is -0.371 e. The highest BCUT2D eigenvalue weighted by molar-refractivity contribution is 7.91. The maximum Gasteiger partial charge on any atom is 0.205 e. The minimum atomic E-state index is -3.46. The molecule has 4 aromatic carbocycles. The van der Waals surface area contributed by atoms with Crippen LogP contribution < -0.4 is 5.32 Å². The third kappa shape index (κ3) is 5.08. The second-order valence-corrected chi connectivity index (χ2v) is 11.4. The van der Waals surface area contributed by atoms with Gasteiger partial charge in [0.2, 0.25) is 5.82 Å². The van der Waals surface area contributed by atoms with Gasteiger partial charge in [0.1, 0.15) is 11.7 Å². The number of anilines is 1. The molecule has 0 radical (unpaired) electrons. The number of H-pyrrole nitrogens is 1. The normalized spacial score (nSPS) is 11.6. The number of hydrogen-bond donors (Lipinski definition) is 2. The van der Waals surface area contributed by atoms with Crippen molar-refractivity contribution in [2.24, 2.45) is 0 Å². The van der Waals surface area contributed by atoms with Crippen LogP contribution in [0.15, 0.2) is 102 Å². The van der Waals surface area contributed by atoms with Crippen LogP contribution in [0.1, 0.15) is 18.3 Å². The van der Waals surface area contributed by atoms with Gasteiger partial charge in [-0.05, 0) is 52.2 Å². The molecule has 2 heterocycles. The number of tetrazole rings is 1. The molecule has 2 aromatic heterocycles. The Morgan fingerprint density at radius 1 is 0.875 bits per heavy atom. The van der Waals surface area contributed by atoms with Gasteiger partial charge in [0.05, 0.1) is 15.9 Å². The fraction of sp³-hybridized carbons (Fsp3) is 0.133. The summed E-state index contributed by atoms with van der Waals surface area (Å²) in [7, 11) is -3.46. The number of aromatic nitrogens is 6. The zero-order valence-electron chi connectivity index (χ0n) is 21.8. The number of aryl methyl sites for hydroxylation is 1. The van der Waals surface area contributed by atoms with Crippen LogP contribution in [0, 0.1) is 0 Å².